The maximum atomic E-state index is 9.76. The summed E-state index contributed by atoms with van der Waals surface area (Å²) >= 11 is 3.28. The molecule has 0 saturated heterocycles. The Balaban J connectivity index is 2.46. The van der Waals surface area contributed by atoms with Crippen molar-refractivity contribution in [2.24, 2.45) is 0 Å². The molecule has 1 aromatic rings. The predicted octanol–water partition coefficient (Wildman–Crippen LogP) is 3.11. The van der Waals surface area contributed by atoms with Gasteiger partial charge in [0.25, 0.3) is 0 Å². The summed E-state index contributed by atoms with van der Waals surface area (Å²) in [6, 6.07) is 5.89. The van der Waals surface area contributed by atoms with Gasteiger partial charge in [-0.2, -0.15) is 5.26 Å². The quantitative estimate of drug-likeness (QED) is 0.926. The van der Waals surface area contributed by atoms with E-state index in [1.165, 1.54) is 0 Å². The molecule has 1 N–H and O–H groups in total. The molecule has 1 fully saturated rings. The molecular weight excluding hydrogens is 270 g/mol. The Morgan fingerprint density at radius 3 is 2.75 bits per heavy atom. The number of nitrogens with zero attached hydrogens (tertiary/aromatic N) is 1. The Kier molecular flexibility index (Phi) is 2.81. The summed E-state index contributed by atoms with van der Waals surface area (Å²) in [6.45, 7) is 2.35. The first-order valence-corrected chi connectivity index (χ1v) is 5.99. The molecule has 0 unspecified atom stereocenters. The van der Waals surface area contributed by atoms with Crippen molar-refractivity contribution in [2.75, 3.05) is 6.61 Å². The summed E-state index contributed by atoms with van der Waals surface area (Å²) in [7, 11) is 0. The van der Waals surface area contributed by atoms with Gasteiger partial charge in [0.15, 0.2) is 11.5 Å². The SMILES string of the molecule is CCOc1cc(C2(C#N)CC2)cc(Br)c1O. The molecule has 4 heteroatoms. The minimum atomic E-state index is -0.359. The Morgan fingerprint density at radius 2 is 2.25 bits per heavy atom. The number of ether oxygens (including phenoxy) is 1. The van der Waals surface area contributed by atoms with E-state index >= 15 is 0 Å². The summed E-state index contributed by atoms with van der Waals surface area (Å²) in [4.78, 5) is 0. The predicted molar refractivity (Wildman–Crippen MR) is 63.5 cm³/mol. The maximum Gasteiger partial charge on any atom is 0.172 e. The van der Waals surface area contributed by atoms with Crippen LogP contribution in [0.2, 0.25) is 0 Å². The second-order valence-corrected chi connectivity index (χ2v) is 4.79. The number of nitriles is 1. The minimum absolute atomic E-state index is 0.0966. The molecule has 1 saturated carbocycles. The van der Waals surface area contributed by atoms with Crippen molar-refractivity contribution in [3.8, 4) is 17.6 Å². The third-order valence-electron chi connectivity index (χ3n) is 2.84. The highest BCUT2D eigenvalue weighted by Gasteiger charge is 2.45. The average molecular weight is 282 g/mol. The van der Waals surface area contributed by atoms with Crippen LogP contribution in [0.15, 0.2) is 16.6 Å². The molecule has 16 heavy (non-hydrogen) atoms. The van der Waals surface area contributed by atoms with E-state index in [-0.39, 0.29) is 11.2 Å². The average Bonchev–Trinajstić information content (AvgIpc) is 3.05. The Morgan fingerprint density at radius 1 is 1.56 bits per heavy atom. The molecule has 1 aliphatic rings. The van der Waals surface area contributed by atoms with Gasteiger partial charge in [-0.25, -0.2) is 0 Å². The lowest BCUT2D eigenvalue weighted by Gasteiger charge is -2.12. The van der Waals surface area contributed by atoms with Crippen LogP contribution in [-0.2, 0) is 5.41 Å². The van der Waals surface area contributed by atoms with Crippen molar-refractivity contribution in [2.45, 2.75) is 25.2 Å². The number of phenolic OH excluding ortho intramolecular Hbond substituents is 1. The summed E-state index contributed by atoms with van der Waals surface area (Å²) in [5, 5.41) is 18.9. The van der Waals surface area contributed by atoms with E-state index in [0.717, 1.165) is 18.4 Å². The largest absolute Gasteiger partial charge is 0.503 e. The van der Waals surface area contributed by atoms with Gasteiger partial charge in [-0.05, 0) is 53.4 Å². The normalized spacial score (nSPS) is 16.6. The first-order valence-electron chi connectivity index (χ1n) is 5.20. The zero-order chi connectivity index (χ0) is 11.8. The van der Waals surface area contributed by atoms with E-state index in [2.05, 4.69) is 22.0 Å². The molecule has 84 valence electrons. The second kappa shape index (κ2) is 3.99. The third kappa shape index (κ3) is 1.76. The Labute approximate surface area is 103 Å². The molecule has 0 amide bonds. The van der Waals surface area contributed by atoms with Crippen molar-refractivity contribution in [3.05, 3.63) is 22.2 Å². The monoisotopic (exact) mass is 281 g/mol. The number of hydrogen-bond donors (Lipinski definition) is 1. The topological polar surface area (TPSA) is 53.2 Å². The van der Waals surface area contributed by atoms with Crippen molar-refractivity contribution < 1.29 is 9.84 Å². The van der Waals surface area contributed by atoms with Gasteiger partial charge in [-0.15, -0.1) is 0 Å². The molecule has 0 aromatic heterocycles. The molecule has 2 rings (SSSR count). The summed E-state index contributed by atoms with van der Waals surface area (Å²) < 4.78 is 5.91. The van der Waals surface area contributed by atoms with E-state index in [1.807, 2.05) is 6.92 Å². The lowest BCUT2D eigenvalue weighted by Crippen LogP contribution is -2.03. The van der Waals surface area contributed by atoms with Crippen LogP contribution in [-0.4, -0.2) is 11.7 Å². The third-order valence-corrected chi connectivity index (χ3v) is 3.45. The van der Waals surface area contributed by atoms with E-state index in [4.69, 9.17) is 10.00 Å². The van der Waals surface area contributed by atoms with Crippen LogP contribution in [0.25, 0.3) is 0 Å². The molecule has 0 heterocycles. The van der Waals surface area contributed by atoms with Crippen LogP contribution in [0, 0.1) is 11.3 Å². The number of hydrogen-bond acceptors (Lipinski definition) is 3. The van der Waals surface area contributed by atoms with Crippen molar-refractivity contribution >= 4 is 15.9 Å². The Hall–Kier alpha value is -1.21. The lowest BCUT2D eigenvalue weighted by atomic mass is 9.97. The van der Waals surface area contributed by atoms with Crippen LogP contribution >= 0.6 is 15.9 Å². The van der Waals surface area contributed by atoms with Crippen molar-refractivity contribution in [1.82, 2.24) is 0 Å². The maximum absolute atomic E-state index is 9.76. The lowest BCUT2D eigenvalue weighted by molar-refractivity contribution is 0.316. The van der Waals surface area contributed by atoms with Gasteiger partial charge in [-0.1, -0.05) is 0 Å². The van der Waals surface area contributed by atoms with Gasteiger partial charge in [0, 0.05) is 0 Å². The van der Waals surface area contributed by atoms with Crippen LogP contribution in [0.5, 0.6) is 11.5 Å². The summed E-state index contributed by atoms with van der Waals surface area (Å²) in [6.07, 6.45) is 1.76. The molecular formula is C12H12BrNO2. The fourth-order valence-electron chi connectivity index (χ4n) is 1.71. The van der Waals surface area contributed by atoms with E-state index in [0.29, 0.717) is 16.8 Å². The number of rotatable bonds is 3. The van der Waals surface area contributed by atoms with Crippen LogP contribution in [0.4, 0.5) is 0 Å². The van der Waals surface area contributed by atoms with Gasteiger partial charge in [0.05, 0.1) is 22.6 Å². The molecule has 1 aromatic carbocycles. The van der Waals surface area contributed by atoms with Crippen LogP contribution < -0.4 is 4.74 Å². The fourth-order valence-corrected chi connectivity index (χ4v) is 2.15. The van der Waals surface area contributed by atoms with Gasteiger partial charge in [0.1, 0.15) is 0 Å². The molecule has 0 bridgehead atoms. The number of halogens is 1. The van der Waals surface area contributed by atoms with Gasteiger partial charge in [0.2, 0.25) is 0 Å². The van der Waals surface area contributed by atoms with Crippen LogP contribution in [0.1, 0.15) is 25.3 Å². The second-order valence-electron chi connectivity index (χ2n) is 3.93. The first-order chi connectivity index (χ1) is 7.63. The standard InChI is InChI=1S/C12H12BrNO2/c1-2-16-10-6-8(5-9(13)11(10)15)12(7-14)3-4-12/h5-6,15H,2-4H2,1H3. The molecule has 0 spiro atoms. The van der Waals surface area contributed by atoms with Crippen LogP contribution in [0.3, 0.4) is 0 Å². The number of benzene rings is 1. The van der Waals surface area contributed by atoms with Gasteiger partial charge >= 0.3 is 0 Å². The number of aromatic hydroxyl groups is 1. The fraction of sp³-hybridized carbons (Fsp3) is 0.417. The molecule has 0 aliphatic heterocycles. The molecule has 1 aliphatic carbocycles. The smallest absolute Gasteiger partial charge is 0.172 e. The Bertz CT molecular complexity index is 461. The summed E-state index contributed by atoms with van der Waals surface area (Å²) in [5.74, 6) is 0.535. The molecule has 0 atom stereocenters. The highest BCUT2D eigenvalue weighted by molar-refractivity contribution is 9.10. The van der Waals surface area contributed by atoms with Gasteiger partial charge in [-0.3, -0.25) is 0 Å². The number of phenols is 1. The minimum Gasteiger partial charge on any atom is -0.503 e. The summed E-state index contributed by atoms with van der Waals surface area (Å²) in [5.41, 5.74) is 0.561. The molecule has 3 nitrogen and oxygen atoms in total. The highest BCUT2D eigenvalue weighted by atomic mass is 79.9. The highest BCUT2D eigenvalue weighted by Crippen LogP contribution is 2.50. The van der Waals surface area contributed by atoms with Crippen molar-refractivity contribution in [1.29, 1.82) is 5.26 Å². The van der Waals surface area contributed by atoms with Crippen molar-refractivity contribution in [3.63, 3.8) is 0 Å². The van der Waals surface area contributed by atoms with Gasteiger partial charge < -0.3 is 9.84 Å². The van der Waals surface area contributed by atoms with E-state index < -0.39 is 0 Å². The van der Waals surface area contributed by atoms with E-state index in [9.17, 15) is 5.11 Å². The van der Waals surface area contributed by atoms with E-state index in [1.54, 1.807) is 12.1 Å². The first kappa shape index (κ1) is 11.3. The molecule has 0 radical (unpaired) electrons. The zero-order valence-electron chi connectivity index (χ0n) is 8.96. The zero-order valence-corrected chi connectivity index (χ0v) is 10.5.